The van der Waals surface area contributed by atoms with Crippen molar-refractivity contribution >= 4 is 44.3 Å². The van der Waals surface area contributed by atoms with Crippen LogP contribution in [0.4, 0.5) is 0 Å². The van der Waals surface area contributed by atoms with Crippen molar-refractivity contribution in [3.63, 3.8) is 0 Å². The minimum absolute atomic E-state index is 0.0570. The molecule has 6 nitrogen and oxygen atoms in total. The van der Waals surface area contributed by atoms with Gasteiger partial charge in [-0.3, -0.25) is 9.59 Å². The first kappa shape index (κ1) is 11.9. The molecular weight excluding hydrogens is 262 g/mol. The van der Waals surface area contributed by atoms with Crippen molar-refractivity contribution in [3.8, 4) is 0 Å². The van der Waals surface area contributed by atoms with Crippen LogP contribution in [0.3, 0.4) is 0 Å². The Hall–Kier alpha value is -1.54. The third kappa shape index (κ3) is 2.77. The van der Waals surface area contributed by atoms with E-state index in [1.165, 1.54) is 22.9 Å². The molecule has 0 atom stereocenters. The van der Waals surface area contributed by atoms with Crippen LogP contribution < -0.4 is 5.32 Å². The first-order valence-electron chi connectivity index (χ1n) is 4.88. The molecule has 2 aromatic rings. The maximum Gasteiger partial charge on any atom is 0.303 e. The van der Waals surface area contributed by atoms with Crippen LogP contribution in [-0.4, -0.2) is 33.1 Å². The molecular formula is C9H9N3O3S2. The van der Waals surface area contributed by atoms with Crippen molar-refractivity contribution in [1.29, 1.82) is 0 Å². The number of nitrogens with one attached hydrogen (secondary N) is 1. The van der Waals surface area contributed by atoms with Gasteiger partial charge < -0.3 is 10.4 Å². The molecule has 1 amide bonds. The Bertz CT molecular complexity index is 548. The average molecular weight is 271 g/mol. The molecule has 0 saturated heterocycles. The van der Waals surface area contributed by atoms with Crippen LogP contribution >= 0.6 is 22.9 Å². The Labute approximate surface area is 104 Å². The Morgan fingerprint density at radius 1 is 1.47 bits per heavy atom. The lowest BCUT2D eigenvalue weighted by Gasteiger charge is -2.01. The van der Waals surface area contributed by atoms with Gasteiger partial charge in [-0.2, -0.15) is 0 Å². The quantitative estimate of drug-likeness (QED) is 0.801. The number of carbonyl (C=O) groups excluding carboxylic acids is 1. The predicted molar refractivity (Wildman–Crippen MR) is 64.5 cm³/mol. The van der Waals surface area contributed by atoms with E-state index < -0.39 is 5.97 Å². The highest BCUT2D eigenvalue weighted by atomic mass is 32.1. The van der Waals surface area contributed by atoms with E-state index in [4.69, 9.17) is 5.11 Å². The number of thiophene rings is 1. The van der Waals surface area contributed by atoms with E-state index in [1.807, 2.05) is 0 Å². The molecule has 0 spiro atoms. The minimum Gasteiger partial charge on any atom is -0.481 e. The summed E-state index contributed by atoms with van der Waals surface area (Å²) in [4.78, 5) is 22.8. The summed E-state index contributed by atoms with van der Waals surface area (Å²) >= 11 is 2.56. The summed E-state index contributed by atoms with van der Waals surface area (Å²) in [5.74, 6) is -1.06. The molecule has 0 saturated carbocycles. The monoisotopic (exact) mass is 271 g/mol. The van der Waals surface area contributed by atoms with Gasteiger partial charge in [0, 0.05) is 18.3 Å². The zero-order valence-corrected chi connectivity index (χ0v) is 10.3. The lowest BCUT2D eigenvalue weighted by molar-refractivity contribution is -0.137. The standard InChI is InChI=1S/C9H9N3O3S2/c13-6(14)2-1-3-10-8(15)5-4-16-9-7(5)17-12-11-9/h4H,1-3H2,(H,10,15)(H,13,14). The van der Waals surface area contributed by atoms with E-state index >= 15 is 0 Å². The fraction of sp³-hybridized carbons (Fsp3) is 0.333. The third-order valence-corrected chi connectivity index (χ3v) is 3.84. The number of carbonyl (C=O) groups is 2. The molecule has 0 aliphatic heterocycles. The summed E-state index contributed by atoms with van der Waals surface area (Å²) < 4.78 is 4.55. The number of amides is 1. The second kappa shape index (κ2) is 5.19. The maximum absolute atomic E-state index is 11.8. The van der Waals surface area contributed by atoms with Crippen LogP contribution in [0.1, 0.15) is 23.2 Å². The number of hydrogen-bond acceptors (Lipinski definition) is 6. The van der Waals surface area contributed by atoms with Crippen LogP contribution in [0.5, 0.6) is 0 Å². The van der Waals surface area contributed by atoms with Gasteiger partial charge in [0.1, 0.15) is 0 Å². The summed E-state index contributed by atoms with van der Waals surface area (Å²) in [5.41, 5.74) is 0.565. The molecule has 0 radical (unpaired) electrons. The Balaban J connectivity index is 1.92. The zero-order valence-electron chi connectivity index (χ0n) is 8.67. The summed E-state index contributed by atoms with van der Waals surface area (Å²) in [6.45, 7) is 0.356. The molecule has 0 aliphatic carbocycles. The van der Waals surface area contributed by atoms with Gasteiger partial charge in [0.25, 0.3) is 5.91 Å². The first-order valence-corrected chi connectivity index (χ1v) is 6.53. The lowest BCUT2D eigenvalue weighted by Crippen LogP contribution is -2.24. The van der Waals surface area contributed by atoms with Crippen LogP contribution in [0.2, 0.25) is 0 Å². The predicted octanol–water partition coefficient (Wildman–Crippen LogP) is 1.35. The van der Waals surface area contributed by atoms with Crippen molar-refractivity contribution in [2.45, 2.75) is 12.8 Å². The molecule has 0 unspecified atom stereocenters. The molecule has 2 N–H and O–H groups in total. The van der Waals surface area contributed by atoms with Gasteiger partial charge in [-0.05, 0) is 18.0 Å². The molecule has 0 bridgehead atoms. The molecule has 2 heterocycles. The van der Waals surface area contributed by atoms with Gasteiger partial charge in [-0.1, -0.05) is 4.49 Å². The van der Waals surface area contributed by atoms with Crippen LogP contribution in [0.25, 0.3) is 9.53 Å². The number of carboxylic acid groups (broad SMARTS) is 1. The number of aromatic nitrogens is 2. The summed E-state index contributed by atoms with van der Waals surface area (Å²) in [5, 5.41) is 16.7. The number of fused-ring (bicyclic) bond motifs is 1. The van der Waals surface area contributed by atoms with Crippen molar-refractivity contribution in [2.75, 3.05) is 6.54 Å². The van der Waals surface area contributed by atoms with E-state index in [2.05, 4.69) is 14.9 Å². The first-order chi connectivity index (χ1) is 8.18. The van der Waals surface area contributed by atoms with Crippen molar-refractivity contribution in [2.24, 2.45) is 0 Å². The van der Waals surface area contributed by atoms with Crippen LogP contribution in [0.15, 0.2) is 5.38 Å². The molecule has 2 rings (SSSR count). The highest BCUT2D eigenvalue weighted by molar-refractivity contribution is 7.24. The number of hydrogen-bond donors (Lipinski definition) is 2. The lowest BCUT2D eigenvalue weighted by atomic mass is 10.3. The molecule has 8 heteroatoms. The van der Waals surface area contributed by atoms with Crippen molar-refractivity contribution in [3.05, 3.63) is 10.9 Å². The van der Waals surface area contributed by atoms with E-state index in [9.17, 15) is 9.59 Å². The summed E-state index contributed by atoms with van der Waals surface area (Å²) in [6, 6.07) is 0. The average Bonchev–Trinajstić information content (AvgIpc) is 2.85. The van der Waals surface area contributed by atoms with E-state index in [0.29, 0.717) is 18.5 Å². The number of carboxylic acids is 1. The SMILES string of the molecule is O=C(O)CCCNC(=O)c1csc2nnsc12. The summed E-state index contributed by atoms with van der Waals surface area (Å²) in [7, 11) is 0. The van der Waals surface area contributed by atoms with Crippen LogP contribution in [-0.2, 0) is 4.79 Å². The second-order valence-electron chi connectivity index (χ2n) is 3.31. The number of nitrogens with zero attached hydrogens (tertiary/aromatic N) is 2. The zero-order chi connectivity index (χ0) is 12.3. The van der Waals surface area contributed by atoms with Crippen LogP contribution in [0, 0.1) is 0 Å². The van der Waals surface area contributed by atoms with Gasteiger partial charge in [-0.25, -0.2) is 0 Å². The molecule has 0 fully saturated rings. The smallest absolute Gasteiger partial charge is 0.303 e. The maximum atomic E-state index is 11.8. The molecule has 0 aromatic carbocycles. The van der Waals surface area contributed by atoms with Gasteiger partial charge >= 0.3 is 5.97 Å². The van der Waals surface area contributed by atoms with Gasteiger partial charge in [-0.15, -0.1) is 16.4 Å². The fourth-order valence-electron chi connectivity index (χ4n) is 1.29. The highest BCUT2D eigenvalue weighted by Crippen LogP contribution is 2.26. The fourth-order valence-corrected chi connectivity index (χ4v) is 3.00. The number of aliphatic carboxylic acids is 1. The van der Waals surface area contributed by atoms with Gasteiger partial charge in [0.15, 0.2) is 4.83 Å². The van der Waals surface area contributed by atoms with Gasteiger partial charge in [0.05, 0.1) is 10.3 Å². The molecule has 0 aliphatic rings. The molecule has 2 aromatic heterocycles. The molecule has 90 valence electrons. The van der Waals surface area contributed by atoms with E-state index in [1.54, 1.807) is 5.38 Å². The van der Waals surface area contributed by atoms with E-state index in [0.717, 1.165) is 9.53 Å². The highest BCUT2D eigenvalue weighted by Gasteiger charge is 2.14. The Morgan fingerprint density at radius 2 is 2.29 bits per heavy atom. The Morgan fingerprint density at radius 3 is 3.06 bits per heavy atom. The second-order valence-corrected chi connectivity index (χ2v) is 4.92. The van der Waals surface area contributed by atoms with Crippen molar-refractivity contribution in [1.82, 2.24) is 14.9 Å². The topological polar surface area (TPSA) is 92.2 Å². The number of rotatable bonds is 5. The third-order valence-electron chi connectivity index (χ3n) is 2.09. The van der Waals surface area contributed by atoms with Gasteiger partial charge in [0.2, 0.25) is 0 Å². The summed E-state index contributed by atoms with van der Waals surface area (Å²) in [6.07, 6.45) is 0.483. The minimum atomic E-state index is -0.858. The molecule has 17 heavy (non-hydrogen) atoms. The largest absolute Gasteiger partial charge is 0.481 e. The Kier molecular flexibility index (Phi) is 3.64. The normalized spacial score (nSPS) is 10.6. The van der Waals surface area contributed by atoms with E-state index in [-0.39, 0.29) is 12.3 Å². The van der Waals surface area contributed by atoms with Crippen molar-refractivity contribution < 1.29 is 14.7 Å².